The monoisotopic (exact) mass is 275 g/mol. The van der Waals surface area contributed by atoms with Crippen molar-refractivity contribution in [2.75, 3.05) is 0 Å². The van der Waals surface area contributed by atoms with Gasteiger partial charge in [-0.2, -0.15) is 0 Å². The number of aliphatic hydroxyl groups excluding tert-OH is 1. The minimum Gasteiger partial charge on any atom is -0.392 e. The second-order valence-corrected chi connectivity index (χ2v) is 6.67. The van der Waals surface area contributed by atoms with Crippen LogP contribution in [0.2, 0.25) is 5.02 Å². The van der Waals surface area contributed by atoms with E-state index in [4.69, 9.17) is 16.7 Å². The van der Waals surface area contributed by atoms with Gasteiger partial charge in [-0.15, -0.1) is 0 Å². The summed E-state index contributed by atoms with van der Waals surface area (Å²) in [4.78, 5) is 0.132. The molecule has 0 radical (unpaired) electrons. The Bertz CT molecular complexity index is 538. The molecule has 17 heavy (non-hydrogen) atoms. The van der Waals surface area contributed by atoms with Gasteiger partial charge in [0, 0.05) is 10.6 Å². The van der Waals surface area contributed by atoms with Crippen molar-refractivity contribution in [3.8, 4) is 0 Å². The fourth-order valence-corrected chi connectivity index (χ4v) is 3.29. The van der Waals surface area contributed by atoms with Crippen molar-refractivity contribution >= 4 is 21.6 Å². The lowest BCUT2D eigenvalue weighted by Gasteiger charge is -2.12. The van der Waals surface area contributed by atoms with Crippen LogP contribution in [0.1, 0.15) is 25.3 Å². The average Bonchev–Trinajstić information content (AvgIpc) is 2.94. The van der Waals surface area contributed by atoms with Crippen molar-refractivity contribution in [2.45, 2.75) is 36.8 Å². The lowest BCUT2D eigenvalue weighted by Crippen LogP contribution is -2.34. The van der Waals surface area contributed by atoms with Gasteiger partial charge in [0.1, 0.15) is 0 Å². The number of hydrogen-bond acceptors (Lipinski definition) is 3. The van der Waals surface area contributed by atoms with Crippen LogP contribution in [0.15, 0.2) is 23.1 Å². The Balaban J connectivity index is 2.30. The Hall–Kier alpha value is -0.620. The third-order valence-electron chi connectivity index (χ3n) is 2.89. The quantitative estimate of drug-likeness (QED) is 0.878. The van der Waals surface area contributed by atoms with E-state index in [0.717, 1.165) is 12.8 Å². The summed E-state index contributed by atoms with van der Waals surface area (Å²) in [5.74, 6) is 0. The summed E-state index contributed by atoms with van der Waals surface area (Å²) in [5.41, 5.74) is 0.212. The number of sulfonamides is 1. The van der Waals surface area contributed by atoms with E-state index in [0.29, 0.717) is 5.56 Å². The van der Waals surface area contributed by atoms with Crippen LogP contribution in [0.5, 0.6) is 0 Å². The molecule has 2 rings (SSSR count). The highest BCUT2D eigenvalue weighted by molar-refractivity contribution is 7.89. The smallest absolute Gasteiger partial charge is 0.241 e. The summed E-state index contributed by atoms with van der Waals surface area (Å²) in [6, 6.07) is 4.33. The first-order valence-electron chi connectivity index (χ1n) is 5.30. The molecular formula is C11H14ClNO3S. The third-order valence-corrected chi connectivity index (χ3v) is 4.87. The van der Waals surface area contributed by atoms with Gasteiger partial charge < -0.3 is 5.11 Å². The van der Waals surface area contributed by atoms with Gasteiger partial charge in [-0.3, -0.25) is 0 Å². The average molecular weight is 276 g/mol. The molecule has 1 aliphatic rings. The summed E-state index contributed by atoms with van der Waals surface area (Å²) in [6.45, 7) is 1.67. The molecule has 1 saturated carbocycles. The van der Waals surface area contributed by atoms with Crippen molar-refractivity contribution in [1.29, 1.82) is 0 Å². The summed E-state index contributed by atoms with van der Waals surface area (Å²) >= 11 is 5.87. The van der Waals surface area contributed by atoms with Crippen LogP contribution in [0.4, 0.5) is 0 Å². The molecular weight excluding hydrogens is 262 g/mol. The molecule has 0 amide bonds. The molecule has 2 N–H and O–H groups in total. The fraction of sp³-hybridized carbons (Fsp3) is 0.455. The SMILES string of the molecule is CC1(NS(=O)(=O)c2ccc(CO)c(Cl)c2)CC1. The molecule has 6 heteroatoms. The van der Waals surface area contributed by atoms with E-state index in [-0.39, 0.29) is 22.1 Å². The van der Waals surface area contributed by atoms with Gasteiger partial charge >= 0.3 is 0 Å². The first kappa shape index (κ1) is 12.8. The van der Waals surface area contributed by atoms with Crippen LogP contribution in [0.3, 0.4) is 0 Å². The largest absolute Gasteiger partial charge is 0.392 e. The Morgan fingerprint density at radius 1 is 1.47 bits per heavy atom. The highest BCUT2D eigenvalue weighted by Crippen LogP contribution is 2.36. The zero-order valence-corrected chi connectivity index (χ0v) is 11.0. The summed E-state index contributed by atoms with van der Waals surface area (Å²) in [6.07, 6.45) is 1.71. The summed E-state index contributed by atoms with van der Waals surface area (Å²) < 4.78 is 26.7. The molecule has 0 heterocycles. The molecule has 1 fully saturated rings. The van der Waals surface area contributed by atoms with Crippen molar-refractivity contribution in [3.05, 3.63) is 28.8 Å². The molecule has 1 aromatic rings. The molecule has 1 aliphatic carbocycles. The van der Waals surface area contributed by atoms with E-state index in [9.17, 15) is 8.42 Å². The van der Waals surface area contributed by atoms with E-state index in [1.807, 2.05) is 6.92 Å². The Morgan fingerprint density at radius 2 is 2.12 bits per heavy atom. The molecule has 1 aromatic carbocycles. The molecule has 0 saturated heterocycles. The van der Waals surface area contributed by atoms with E-state index >= 15 is 0 Å². The number of halogens is 1. The van der Waals surface area contributed by atoms with Crippen molar-refractivity contribution < 1.29 is 13.5 Å². The topological polar surface area (TPSA) is 66.4 Å². The lowest BCUT2D eigenvalue weighted by molar-refractivity contribution is 0.282. The summed E-state index contributed by atoms with van der Waals surface area (Å²) in [7, 11) is -3.52. The van der Waals surface area contributed by atoms with Gasteiger partial charge in [-0.25, -0.2) is 13.1 Å². The van der Waals surface area contributed by atoms with Gasteiger partial charge in [-0.05, 0) is 37.5 Å². The standard InChI is InChI=1S/C11H14ClNO3S/c1-11(4-5-11)13-17(15,16)9-3-2-8(7-14)10(12)6-9/h2-3,6,13-14H,4-5,7H2,1H3. The highest BCUT2D eigenvalue weighted by Gasteiger charge is 2.41. The third kappa shape index (κ3) is 2.80. The van der Waals surface area contributed by atoms with Gasteiger partial charge in [0.05, 0.1) is 11.5 Å². The normalized spacial score (nSPS) is 18.1. The lowest BCUT2D eigenvalue weighted by atomic mass is 10.2. The second-order valence-electron chi connectivity index (χ2n) is 4.58. The maximum atomic E-state index is 12.0. The number of rotatable bonds is 4. The van der Waals surface area contributed by atoms with E-state index < -0.39 is 10.0 Å². The van der Waals surface area contributed by atoms with E-state index in [2.05, 4.69) is 4.72 Å². The van der Waals surface area contributed by atoms with Crippen LogP contribution in [0.25, 0.3) is 0 Å². The number of nitrogens with one attached hydrogen (secondary N) is 1. The van der Waals surface area contributed by atoms with Gasteiger partial charge in [0.15, 0.2) is 0 Å². The maximum absolute atomic E-state index is 12.0. The van der Waals surface area contributed by atoms with E-state index in [1.54, 1.807) is 0 Å². The van der Waals surface area contributed by atoms with Crippen molar-refractivity contribution in [3.63, 3.8) is 0 Å². The highest BCUT2D eigenvalue weighted by atomic mass is 35.5. The number of aliphatic hydroxyl groups is 1. The first-order valence-corrected chi connectivity index (χ1v) is 7.16. The second kappa shape index (κ2) is 4.24. The zero-order chi connectivity index (χ0) is 12.7. The van der Waals surface area contributed by atoms with Crippen LogP contribution in [-0.2, 0) is 16.6 Å². The Labute approximate surface area is 106 Å². The van der Waals surface area contributed by atoms with Gasteiger partial charge in [-0.1, -0.05) is 17.7 Å². The van der Waals surface area contributed by atoms with Crippen LogP contribution < -0.4 is 4.72 Å². The van der Waals surface area contributed by atoms with Crippen LogP contribution in [-0.4, -0.2) is 19.1 Å². The number of hydrogen-bond donors (Lipinski definition) is 2. The van der Waals surface area contributed by atoms with Crippen LogP contribution in [0, 0.1) is 0 Å². The zero-order valence-electron chi connectivity index (χ0n) is 9.40. The predicted molar refractivity (Wildman–Crippen MR) is 65.3 cm³/mol. The molecule has 0 aromatic heterocycles. The van der Waals surface area contributed by atoms with Crippen molar-refractivity contribution in [2.24, 2.45) is 0 Å². The van der Waals surface area contributed by atoms with Gasteiger partial charge in [0.25, 0.3) is 0 Å². The first-order chi connectivity index (χ1) is 7.86. The molecule has 94 valence electrons. The minimum atomic E-state index is -3.52. The predicted octanol–water partition coefficient (Wildman–Crippen LogP) is 1.66. The maximum Gasteiger partial charge on any atom is 0.241 e. The van der Waals surface area contributed by atoms with Crippen LogP contribution >= 0.6 is 11.6 Å². The molecule has 0 bridgehead atoms. The molecule has 0 unspecified atom stereocenters. The fourth-order valence-electron chi connectivity index (χ4n) is 1.50. The minimum absolute atomic E-state index is 0.132. The van der Waals surface area contributed by atoms with Gasteiger partial charge in [0.2, 0.25) is 10.0 Å². The van der Waals surface area contributed by atoms with Crippen molar-refractivity contribution in [1.82, 2.24) is 4.72 Å². The summed E-state index contributed by atoms with van der Waals surface area (Å²) in [5, 5.41) is 9.22. The number of benzene rings is 1. The molecule has 0 atom stereocenters. The molecule has 0 spiro atoms. The van der Waals surface area contributed by atoms with E-state index in [1.165, 1.54) is 18.2 Å². The Kier molecular flexibility index (Phi) is 3.20. The Morgan fingerprint density at radius 3 is 2.59 bits per heavy atom. The molecule has 0 aliphatic heterocycles. The molecule has 4 nitrogen and oxygen atoms in total.